The Kier molecular flexibility index (Phi) is 5.62. The van der Waals surface area contributed by atoms with Crippen molar-refractivity contribution < 1.29 is 0 Å². The van der Waals surface area contributed by atoms with Crippen LogP contribution in [0, 0.1) is 5.92 Å². The molecular formula is C13H28N2. The van der Waals surface area contributed by atoms with Gasteiger partial charge in [0.1, 0.15) is 0 Å². The fraction of sp³-hybridized carbons (Fsp3) is 1.00. The van der Waals surface area contributed by atoms with Crippen LogP contribution in [-0.4, -0.2) is 36.6 Å². The normalized spacial score (nSPS) is 18.8. The van der Waals surface area contributed by atoms with Gasteiger partial charge in [-0.05, 0) is 52.1 Å². The first-order valence-electron chi connectivity index (χ1n) is 6.66. The van der Waals surface area contributed by atoms with E-state index in [0.29, 0.717) is 6.04 Å². The average Bonchev–Trinajstić information content (AvgIpc) is 2.99. The number of hydrogen-bond acceptors (Lipinski definition) is 2. The molecule has 1 unspecified atom stereocenters. The van der Waals surface area contributed by atoms with Gasteiger partial charge < -0.3 is 5.32 Å². The second-order valence-electron chi connectivity index (χ2n) is 5.09. The minimum Gasteiger partial charge on any atom is -0.313 e. The molecule has 0 radical (unpaired) electrons. The minimum absolute atomic E-state index is 0.685. The van der Waals surface area contributed by atoms with E-state index in [4.69, 9.17) is 0 Å². The summed E-state index contributed by atoms with van der Waals surface area (Å²) in [5.41, 5.74) is 0. The number of likely N-dealkylation sites (N-methyl/N-ethyl adjacent to an activating group) is 1. The van der Waals surface area contributed by atoms with Crippen molar-refractivity contribution in [1.82, 2.24) is 10.2 Å². The molecule has 0 amide bonds. The zero-order valence-electron chi connectivity index (χ0n) is 10.9. The minimum atomic E-state index is 0.685. The molecule has 0 aromatic heterocycles. The molecule has 1 aliphatic carbocycles. The summed E-state index contributed by atoms with van der Waals surface area (Å²) < 4.78 is 0. The van der Waals surface area contributed by atoms with Gasteiger partial charge in [-0.1, -0.05) is 13.8 Å². The van der Waals surface area contributed by atoms with Crippen LogP contribution >= 0.6 is 0 Å². The molecule has 1 atom stereocenters. The van der Waals surface area contributed by atoms with E-state index < -0.39 is 0 Å². The maximum absolute atomic E-state index is 3.65. The quantitative estimate of drug-likeness (QED) is 0.665. The van der Waals surface area contributed by atoms with Gasteiger partial charge in [0.2, 0.25) is 0 Å². The van der Waals surface area contributed by atoms with Crippen LogP contribution in [0.15, 0.2) is 0 Å². The Morgan fingerprint density at radius 2 is 1.93 bits per heavy atom. The van der Waals surface area contributed by atoms with E-state index in [9.17, 15) is 0 Å². The lowest BCUT2D eigenvalue weighted by molar-refractivity contribution is 0.190. The summed E-state index contributed by atoms with van der Waals surface area (Å²) in [6.07, 6.45) is 4.15. The van der Waals surface area contributed by atoms with Crippen molar-refractivity contribution in [3.8, 4) is 0 Å². The summed E-state index contributed by atoms with van der Waals surface area (Å²) >= 11 is 0. The van der Waals surface area contributed by atoms with Crippen molar-refractivity contribution in [1.29, 1.82) is 0 Å². The van der Waals surface area contributed by atoms with Crippen molar-refractivity contribution >= 4 is 0 Å². The van der Waals surface area contributed by atoms with E-state index in [2.05, 4.69) is 37.9 Å². The molecule has 0 aromatic rings. The molecule has 0 heterocycles. The Morgan fingerprint density at radius 1 is 1.27 bits per heavy atom. The molecule has 15 heavy (non-hydrogen) atoms. The van der Waals surface area contributed by atoms with E-state index in [1.807, 2.05) is 0 Å². The zero-order chi connectivity index (χ0) is 11.3. The Morgan fingerprint density at radius 3 is 2.33 bits per heavy atom. The summed E-state index contributed by atoms with van der Waals surface area (Å²) in [6.45, 7) is 12.7. The highest BCUT2D eigenvalue weighted by Gasteiger charge is 2.31. The van der Waals surface area contributed by atoms with Gasteiger partial charge >= 0.3 is 0 Å². The van der Waals surface area contributed by atoms with Crippen molar-refractivity contribution in [3.63, 3.8) is 0 Å². The van der Waals surface area contributed by atoms with Gasteiger partial charge in [-0.2, -0.15) is 0 Å². The van der Waals surface area contributed by atoms with E-state index in [0.717, 1.165) is 18.5 Å². The number of rotatable bonds is 8. The van der Waals surface area contributed by atoms with Crippen LogP contribution in [0.25, 0.3) is 0 Å². The van der Waals surface area contributed by atoms with Gasteiger partial charge in [-0.25, -0.2) is 0 Å². The lowest BCUT2D eigenvalue weighted by atomic mass is 10.1. The van der Waals surface area contributed by atoms with Crippen molar-refractivity contribution in [2.75, 3.05) is 19.6 Å². The topological polar surface area (TPSA) is 15.3 Å². The van der Waals surface area contributed by atoms with Crippen LogP contribution in [-0.2, 0) is 0 Å². The predicted octanol–water partition coefficient (Wildman–Crippen LogP) is 2.49. The fourth-order valence-electron chi connectivity index (χ4n) is 2.24. The highest BCUT2D eigenvalue weighted by molar-refractivity contribution is 4.88. The third kappa shape index (κ3) is 4.52. The van der Waals surface area contributed by atoms with Gasteiger partial charge in [0.05, 0.1) is 0 Å². The van der Waals surface area contributed by atoms with Crippen LogP contribution in [0.4, 0.5) is 0 Å². The van der Waals surface area contributed by atoms with Gasteiger partial charge in [0.25, 0.3) is 0 Å². The largest absolute Gasteiger partial charge is 0.313 e. The van der Waals surface area contributed by atoms with Gasteiger partial charge in [0, 0.05) is 18.6 Å². The average molecular weight is 212 g/mol. The molecule has 0 aromatic carbocycles. The molecule has 1 saturated carbocycles. The molecule has 0 aliphatic heterocycles. The SMILES string of the molecule is CCCN(CC(NCC)C1CC1)C(C)C. The van der Waals surface area contributed by atoms with Gasteiger partial charge in [-0.15, -0.1) is 0 Å². The number of hydrogen-bond donors (Lipinski definition) is 1. The molecular weight excluding hydrogens is 184 g/mol. The molecule has 1 rings (SSSR count). The summed E-state index contributed by atoms with van der Waals surface area (Å²) in [4.78, 5) is 2.62. The van der Waals surface area contributed by atoms with Crippen LogP contribution in [0.5, 0.6) is 0 Å². The van der Waals surface area contributed by atoms with Crippen LogP contribution < -0.4 is 5.32 Å². The van der Waals surface area contributed by atoms with E-state index in [1.165, 1.54) is 32.4 Å². The maximum atomic E-state index is 3.65. The van der Waals surface area contributed by atoms with E-state index in [-0.39, 0.29) is 0 Å². The summed E-state index contributed by atoms with van der Waals surface area (Å²) in [7, 11) is 0. The molecule has 1 aliphatic rings. The molecule has 2 heteroatoms. The van der Waals surface area contributed by atoms with E-state index in [1.54, 1.807) is 0 Å². The Bertz CT molecular complexity index is 154. The van der Waals surface area contributed by atoms with E-state index >= 15 is 0 Å². The Hall–Kier alpha value is -0.0800. The lowest BCUT2D eigenvalue weighted by Gasteiger charge is -2.31. The van der Waals surface area contributed by atoms with Crippen molar-refractivity contribution in [3.05, 3.63) is 0 Å². The predicted molar refractivity (Wildman–Crippen MR) is 67.2 cm³/mol. The fourth-order valence-corrected chi connectivity index (χ4v) is 2.24. The van der Waals surface area contributed by atoms with Crippen molar-refractivity contribution in [2.45, 2.75) is 59.0 Å². The highest BCUT2D eigenvalue weighted by atomic mass is 15.2. The number of nitrogens with zero attached hydrogens (tertiary/aromatic N) is 1. The second kappa shape index (κ2) is 6.49. The number of nitrogens with one attached hydrogen (secondary N) is 1. The summed E-state index contributed by atoms with van der Waals surface area (Å²) in [6, 6.07) is 1.42. The highest BCUT2D eigenvalue weighted by Crippen LogP contribution is 2.33. The first kappa shape index (κ1) is 13.0. The standard InChI is InChI=1S/C13H28N2/c1-5-9-15(11(3)4)10-13(14-6-2)12-7-8-12/h11-14H,5-10H2,1-4H3. The van der Waals surface area contributed by atoms with Crippen LogP contribution in [0.3, 0.4) is 0 Å². The van der Waals surface area contributed by atoms with Crippen molar-refractivity contribution in [2.24, 2.45) is 5.92 Å². The molecule has 0 bridgehead atoms. The van der Waals surface area contributed by atoms with Crippen LogP contribution in [0.2, 0.25) is 0 Å². The Balaban J connectivity index is 2.38. The summed E-state index contributed by atoms with van der Waals surface area (Å²) in [5, 5.41) is 3.65. The molecule has 0 saturated heterocycles. The molecule has 1 N–H and O–H groups in total. The lowest BCUT2D eigenvalue weighted by Crippen LogP contribution is -2.45. The zero-order valence-corrected chi connectivity index (χ0v) is 10.9. The third-order valence-electron chi connectivity index (χ3n) is 3.33. The molecule has 2 nitrogen and oxygen atoms in total. The summed E-state index contributed by atoms with van der Waals surface area (Å²) in [5.74, 6) is 0.961. The molecule has 90 valence electrons. The Labute approximate surface area is 95.4 Å². The molecule has 0 spiro atoms. The third-order valence-corrected chi connectivity index (χ3v) is 3.33. The smallest absolute Gasteiger partial charge is 0.0223 e. The van der Waals surface area contributed by atoms with Gasteiger partial charge in [-0.3, -0.25) is 4.90 Å². The monoisotopic (exact) mass is 212 g/mol. The first-order valence-corrected chi connectivity index (χ1v) is 6.66. The maximum Gasteiger partial charge on any atom is 0.0223 e. The second-order valence-corrected chi connectivity index (χ2v) is 5.09. The van der Waals surface area contributed by atoms with Crippen LogP contribution in [0.1, 0.15) is 47.0 Å². The van der Waals surface area contributed by atoms with Gasteiger partial charge in [0.15, 0.2) is 0 Å². The first-order chi connectivity index (χ1) is 7.19. The molecule has 1 fully saturated rings.